The second kappa shape index (κ2) is 5.81. The molecule has 0 aliphatic carbocycles. The molecule has 0 unspecified atom stereocenters. The molecular formula is C17H11N3O5S. The van der Waals surface area contributed by atoms with Crippen molar-refractivity contribution in [3.63, 3.8) is 0 Å². The molecule has 2 aromatic carbocycles. The Labute approximate surface area is 149 Å². The maximum absolute atomic E-state index is 12.7. The Balaban J connectivity index is 1.97. The van der Waals surface area contributed by atoms with Gasteiger partial charge in [0.25, 0.3) is 5.56 Å². The molecule has 26 heavy (non-hydrogen) atoms. The van der Waals surface area contributed by atoms with Crippen LogP contribution in [-0.2, 0) is 0 Å². The van der Waals surface area contributed by atoms with Gasteiger partial charge in [0.05, 0.1) is 27.6 Å². The molecule has 0 amide bonds. The Morgan fingerprint density at radius 1 is 1.35 bits per heavy atom. The summed E-state index contributed by atoms with van der Waals surface area (Å²) < 4.78 is 6.87. The molecule has 0 bridgehead atoms. The number of aromatic hydroxyl groups is 1. The van der Waals surface area contributed by atoms with Crippen molar-refractivity contribution in [2.24, 2.45) is 0 Å². The van der Waals surface area contributed by atoms with E-state index in [1.807, 2.05) is 24.3 Å². The summed E-state index contributed by atoms with van der Waals surface area (Å²) in [6, 6.07) is 9.93. The van der Waals surface area contributed by atoms with Crippen LogP contribution < -0.4 is 14.8 Å². The van der Waals surface area contributed by atoms with E-state index in [4.69, 9.17) is 4.74 Å². The Bertz CT molecular complexity index is 1290. The first-order chi connectivity index (χ1) is 12.5. The van der Waals surface area contributed by atoms with Gasteiger partial charge in [-0.15, -0.1) is 0 Å². The minimum atomic E-state index is -0.706. The fourth-order valence-corrected chi connectivity index (χ4v) is 3.74. The van der Waals surface area contributed by atoms with E-state index < -0.39 is 16.4 Å². The van der Waals surface area contributed by atoms with Gasteiger partial charge in [-0.3, -0.25) is 14.9 Å². The van der Waals surface area contributed by atoms with E-state index in [1.165, 1.54) is 41.1 Å². The summed E-state index contributed by atoms with van der Waals surface area (Å²) >= 11 is 1.19. The summed E-state index contributed by atoms with van der Waals surface area (Å²) in [7, 11) is 1.30. The van der Waals surface area contributed by atoms with E-state index in [1.54, 1.807) is 0 Å². The average molecular weight is 369 g/mol. The monoisotopic (exact) mass is 369 g/mol. The highest BCUT2D eigenvalue weighted by molar-refractivity contribution is 7.15. The Kier molecular flexibility index (Phi) is 3.58. The van der Waals surface area contributed by atoms with E-state index in [2.05, 4.69) is 4.98 Å². The van der Waals surface area contributed by atoms with Gasteiger partial charge in [0, 0.05) is 6.07 Å². The third-order valence-electron chi connectivity index (χ3n) is 3.94. The molecule has 0 fully saturated rings. The van der Waals surface area contributed by atoms with Crippen molar-refractivity contribution >= 4 is 39.1 Å². The highest BCUT2D eigenvalue weighted by Crippen LogP contribution is 2.37. The Hall–Kier alpha value is -3.46. The van der Waals surface area contributed by atoms with Gasteiger partial charge in [0.2, 0.25) is 5.75 Å². The second-order valence-corrected chi connectivity index (χ2v) is 6.49. The molecule has 1 N–H and O–H groups in total. The SMILES string of the molecule is COc1cc(/C=c2\sc3nc4ccccc4n3c2=O)cc([N+](=O)[O-])c1O. The summed E-state index contributed by atoms with van der Waals surface area (Å²) in [6.45, 7) is 0. The molecule has 4 rings (SSSR count). The first kappa shape index (κ1) is 16.0. The lowest BCUT2D eigenvalue weighted by Gasteiger charge is -2.04. The van der Waals surface area contributed by atoms with Gasteiger partial charge >= 0.3 is 5.69 Å². The normalized spacial score (nSPS) is 12.1. The molecule has 0 atom stereocenters. The third-order valence-corrected chi connectivity index (χ3v) is 4.91. The van der Waals surface area contributed by atoms with Crippen LogP contribution in [0.15, 0.2) is 41.2 Å². The van der Waals surface area contributed by atoms with E-state index in [0.717, 1.165) is 5.52 Å². The van der Waals surface area contributed by atoms with Crippen LogP contribution in [0, 0.1) is 10.1 Å². The maximum Gasteiger partial charge on any atom is 0.315 e. The van der Waals surface area contributed by atoms with Gasteiger partial charge in [-0.05, 0) is 29.8 Å². The zero-order valence-corrected chi connectivity index (χ0v) is 14.2. The molecule has 0 aliphatic heterocycles. The number of imidazole rings is 1. The summed E-state index contributed by atoms with van der Waals surface area (Å²) in [4.78, 5) is 28.1. The van der Waals surface area contributed by atoms with Crippen LogP contribution >= 0.6 is 11.3 Å². The van der Waals surface area contributed by atoms with E-state index in [-0.39, 0.29) is 11.3 Å². The quantitative estimate of drug-likeness (QED) is 0.438. The average Bonchev–Trinajstić information content (AvgIpc) is 3.12. The van der Waals surface area contributed by atoms with Crippen molar-refractivity contribution in [3.8, 4) is 11.5 Å². The van der Waals surface area contributed by atoms with Crippen LogP contribution in [0.4, 0.5) is 5.69 Å². The number of hydrogen-bond acceptors (Lipinski definition) is 7. The molecule has 130 valence electrons. The molecule has 0 spiro atoms. The molecule has 2 aromatic heterocycles. The number of phenols is 1. The number of aromatic nitrogens is 2. The highest BCUT2D eigenvalue weighted by Gasteiger charge is 2.19. The lowest BCUT2D eigenvalue weighted by molar-refractivity contribution is -0.386. The fourth-order valence-electron chi connectivity index (χ4n) is 2.76. The van der Waals surface area contributed by atoms with Crippen LogP contribution in [0.5, 0.6) is 11.5 Å². The summed E-state index contributed by atoms with van der Waals surface area (Å²) in [5, 5.41) is 21.0. The van der Waals surface area contributed by atoms with Crippen LogP contribution in [0.2, 0.25) is 0 Å². The highest BCUT2D eigenvalue weighted by atomic mass is 32.1. The number of benzene rings is 2. The molecule has 0 radical (unpaired) electrons. The van der Waals surface area contributed by atoms with Gasteiger partial charge in [-0.2, -0.15) is 0 Å². The van der Waals surface area contributed by atoms with Crippen LogP contribution in [0.25, 0.3) is 22.1 Å². The maximum atomic E-state index is 12.7. The molecule has 0 saturated heterocycles. The number of rotatable bonds is 3. The fraction of sp³-hybridized carbons (Fsp3) is 0.0588. The van der Waals surface area contributed by atoms with Crippen LogP contribution in [0.1, 0.15) is 5.56 Å². The summed E-state index contributed by atoms with van der Waals surface area (Å²) in [5.41, 5.74) is 1.06. The molecule has 0 aliphatic rings. The Morgan fingerprint density at radius 3 is 2.85 bits per heavy atom. The lowest BCUT2D eigenvalue weighted by atomic mass is 10.1. The van der Waals surface area contributed by atoms with Gasteiger partial charge < -0.3 is 9.84 Å². The van der Waals surface area contributed by atoms with E-state index in [0.29, 0.717) is 20.6 Å². The summed E-state index contributed by atoms with van der Waals surface area (Å²) in [6.07, 6.45) is 1.52. The van der Waals surface area contributed by atoms with Gasteiger partial charge in [-0.1, -0.05) is 23.5 Å². The topological polar surface area (TPSA) is 107 Å². The molecular weight excluding hydrogens is 358 g/mol. The van der Waals surface area contributed by atoms with Crippen molar-refractivity contribution < 1.29 is 14.8 Å². The number of phenolic OH excluding ortho intramolecular Hbond substituents is 1. The first-order valence-electron chi connectivity index (χ1n) is 7.46. The van der Waals surface area contributed by atoms with Gasteiger partial charge in [0.15, 0.2) is 10.7 Å². The van der Waals surface area contributed by atoms with Crippen LogP contribution in [0.3, 0.4) is 0 Å². The third kappa shape index (κ3) is 2.37. The number of ether oxygens (including phenoxy) is 1. The van der Waals surface area contributed by atoms with Crippen molar-refractivity contribution in [2.75, 3.05) is 7.11 Å². The summed E-state index contributed by atoms with van der Waals surface area (Å²) in [5.74, 6) is -0.589. The molecule has 8 nitrogen and oxygen atoms in total. The number of nitrogens with zero attached hydrogens (tertiary/aromatic N) is 3. The van der Waals surface area contributed by atoms with Gasteiger partial charge in [0.1, 0.15) is 0 Å². The number of fused-ring (bicyclic) bond motifs is 3. The van der Waals surface area contributed by atoms with E-state index in [9.17, 15) is 20.0 Å². The van der Waals surface area contributed by atoms with Crippen LogP contribution in [-0.4, -0.2) is 26.5 Å². The second-order valence-electron chi connectivity index (χ2n) is 5.48. The number of para-hydroxylation sites is 2. The van der Waals surface area contributed by atoms with Crippen molar-refractivity contribution in [3.05, 3.63) is 67.0 Å². The number of nitro benzene ring substituents is 1. The predicted octanol–water partition coefficient (Wildman–Crippen LogP) is 2.08. The van der Waals surface area contributed by atoms with E-state index >= 15 is 0 Å². The number of thiazole rings is 1. The molecule has 0 saturated carbocycles. The minimum Gasteiger partial charge on any atom is -0.500 e. The predicted molar refractivity (Wildman–Crippen MR) is 96.9 cm³/mol. The largest absolute Gasteiger partial charge is 0.500 e. The molecule has 4 aromatic rings. The minimum absolute atomic E-state index is 0.0373. The number of hydrogen-bond donors (Lipinski definition) is 1. The Morgan fingerprint density at radius 2 is 2.12 bits per heavy atom. The molecule has 2 heterocycles. The molecule has 9 heteroatoms. The zero-order valence-electron chi connectivity index (χ0n) is 13.4. The standard InChI is InChI=1S/C17H11N3O5S/c1-25-13-7-9(6-12(15(13)21)20(23)24)8-14-16(22)19-11-5-3-2-4-10(11)18-17(19)26-14/h2-8,21H,1H3/b14-8-. The van der Waals surface area contributed by atoms with Crippen molar-refractivity contribution in [2.45, 2.75) is 0 Å². The van der Waals surface area contributed by atoms with Crippen molar-refractivity contribution in [1.82, 2.24) is 9.38 Å². The van der Waals surface area contributed by atoms with Crippen molar-refractivity contribution in [1.29, 1.82) is 0 Å². The zero-order chi connectivity index (χ0) is 18.4. The lowest BCUT2D eigenvalue weighted by Crippen LogP contribution is -2.22. The first-order valence-corrected chi connectivity index (χ1v) is 8.28. The number of nitro groups is 1. The number of methoxy groups -OCH3 is 1. The smallest absolute Gasteiger partial charge is 0.315 e. The van der Waals surface area contributed by atoms with Gasteiger partial charge in [-0.25, -0.2) is 9.38 Å².